The SMILES string of the molecule is Clc1nc(-c2ccc(-c3ccc4ccccc4c3)cc2)c2ccccc2n1. The number of hydrogen-bond donors (Lipinski definition) is 0. The molecule has 0 fully saturated rings. The van der Waals surface area contributed by atoms with Gasteiger partial charge < -0.3 is 0 Å². The highest BCUT2D eigenvalue weighted by Gasteiger charge is 2.09. The van der Waals surface area contributed by atoms with E-state index >= 15 is 0 Å². The average Bonchev–Trinajstić information content (AvgIpc) is 2.73. The van der Waals surface area contributed by atoms with E-state index in [1.54, 1.807) is 0 Å². The van der Waals surface area contributed by atoms with Crippen molar-refractivity contribution in [3.63, 3.8) is 0 Å². The zero-order valence-electron chi connectivity index (χ0n) is 14.4. The fraction of sp³-hybridized carbons (Fsp3) is 0. The Morgan fingerprint density at radius 1 is 0.556 bits per heavy atom. The topological polar surface area (TPSA) is 25.8 Å². The maximum absolute atomic E-state index is 6.13. The third-order valence-corrected chi connectivity index (χ3v) is 4.99. The minimum Gasteiger partial charge on any atom is -0.218 e. The maximum Gasteiger partial charge on any atom is 0.223 e. The van der Waals surface area contributed by atoms with E-state index in [2.05, 4.69) is 76.7 Å². The van der Waals surface area contributed by atoms with E-state index in [1.807, 2.05) is 24.3 Å². The Morgan fingerprint density at radius 3 is 2.07 bits per heavy atom. The van der Waals surface area contributed by atoms with E-state index in [-0.39, 0.29) is 5.28 Å². The second-order valence-corrected chi connectivity index (χ2v) is 6.84. The van der Waals surface area contributed by atoms with Crippen molar-refractivity contribution in [3.05, 3.63) is 96.3 Å². The first-order chi connectivity index (χ1) is 13.3. The van der Waals surface area contributed by atoms with Gasteiger partial charge in [0.25, 0.3) is 0 Å². The van der Waals surface area contributed by atoms with Crippen molar-refractivity contribution in [2.45, 2.75) is 0 Å². The minimum absolute atomic E-state index is 0.266. The van der Waals surface area contributed by atoms with Crippen LogP contribution in [0.15, 0.2) is 91.0 Å². The van der Waals surface area contributed by atoms with Gasteiger partial charge in [-0.1, -0.05) is 78.9 Å². The molecular formula is C24H15ClN2. The third kappa shape index (κ3) is 2.94. The summed E-state index contributed by atoms with van der Waals surface area (Å²) in [6, 6.07) is 31.3. The van der Waals surface area contributed by atoms with E-state index in [0.29, 0.717) is 0 Å². The number of rotatable bonds is 2. The minimum atomic E-state index is 0.266. The number of aromatic nitrogens is 2. The Morgan fingerprint density at radius 2 is 1.22 bits per heavy atom. The number of halogens is 1. The molecule has 3 heteroatoms. The number of nitrogens with zero attached hydrogens (tertiary/aromatic N) is 2. The van der Waals surface area contributed by atoms with Crippen LogP contribution in [0, 0.1) is 0 Å². The molecule has 0 radical (unpaired) electrons. The highest BCUT2D eigenvalue weighted by atomic mass is 35.5. The van der Waals surface area contributed by atoms with Gasteiger partial charge in [0.2, 0.25) is 5.28 Å². The highest BCUT2D eigenvalue weighted by Crippen LogP contribution is 2.30. The summed E-state index contributed by atoms with van der Waals surface area (Å²) in [6.45, 7) is 0. The van der Waals surface area contributed by atoms with Gasteiger partial charge in [-0.05, 0) is 45.6 Å². The zero-order chi connectivity index (χ0) is 18.2. The lowest BCUT2D eigenvalue weighted by atomic mass is 9.99. The van der Waals surface area contributed by atoms with E-state index in [1.165, 1.54) is 21.9 Å². The van der Waals surface area contributed by atoms with Crippen LogP contribution in [0.5, 0.6) is 0 Å². The molecule has 27 heavy (non-hydrogen) atoms. The van der Waals surface area contributed by atoms with Crippen molar-refractivity contribution in [2.75, 3.05) is 0 Å². The molecule has 2 nitrogen and oxygen atoms in total. The molecule has 0 saturated heterocycles. The molecule has 5 aromatic rings. The van der Waals surface area contributed by atoms with Crippen molar-refractivity contribution in [3.8, 4) is 22.4 Å². The molecule has 1 aromatic heterocycles. The molecule has 0 aliphatic rings. The molecule has 0 bridgehead atoms. The molecule has 0 unspecified atom stereocenters. The fourth-order valence-electron chi connectivity index (χ4n) is 3.46. The Balaban J connectivity index is 1.59. The van der Waals surface area contributed by atoms with E-state index in [4.69, 9.17) is 11.6 Å². The van der Waals surface area contributed by atoms with Crippen molar-refractivity contribution >= 4 is 33.3 Å². The molecule has 0 amide bonds. The monoisotopic (exact) mass is 366 g/mol. The van der Waals surface area contributed by atoms with Gasteiger partial charge in [0.1, 0.15) is 0 Å². The second kappa shape index (κ2) is 6.49. The summed E-state index contributed by atoms with van der Waals surface area (Å²) in [5.41, 5.74) is 5.11. The Kier molecular flexibility index (Phi) is 3.84. The number of hydrogen-bond acceptors (Lipinski definition) is 2. The number of fused-ring (bicyclic) bond motifs is 2. The van der Waals surface area contributed by atoms with Crippen LogP contribution in [-0.2, 0) is 0 Å². The molecule has 5 rings (SSSR count). The first-order valence-electron chi connectivity index (χ1n) is 8.80. The van der Waals surface area contributed by atoms with Gasteiger partial charge in [-0.15, -0.1) is 0 Å². The Hall–Kier alpha value is -3.23. The smallest absolute Gasteiger partial charge is 0.218 e. The zero-order valence-corrected chi connectivity index (χ0v) is 15.2. The highest BCUT2D eigenvalue weighted by molar-refractivity contribution is 6.28. The third-order valence-electron chi connectivity index (χ3n) is 4.82. The van der Waals surface area contributed by atoms with Gasteiger partial charge in [0.05, 0.1) is 11.2 Å². The van der Waals surface area contributed by atoms with Gasteiger partial charge in [0.15, 0.2) is 0 Å². The standard InChI is InChI=1S/C24H15ClN2/c25-24-26-22-8-4-3-7-21(22)23(27-24)18-12-9-17(10-13-18)20-14-11-16-5-1-2-6-19(16)15-20/h1-15H. The van der Waals surface area contributed by atoms with Crippen LogP contribution < -0.4 is 0 Å². The quantitative estimate of drug-likeness (QED) is 0.322. The van der Waals surface area contributed by atoms with Crippen molar-refractivity contribution < 1.29 is 0 Å². The van der Waals surface area contributed by atoms with Crippen LogP contribution in [0.25, 0.3) is 44.1 Å². The van der Waals surface area contributed by atoms with E-state index in [0.717, 1.165) is 22.2 Å². The molecule has 0 saturated carbocycles. The summed E-state index contributed by atoms with van der Waals surface area (Å²) < 4.78 is 0. The largest absolute Gasteiger partial charge is 0.223 e. The first-order valence-corrected chi connectivity index (χ1v) is 9.18. The molecule has 0 N–H and O–H groups in total. The summed E-state index contributed by atoms with van der Waals surface area (Å²) in [7, 11) is 0. The second-order valence-electron chi connectivity index (χ2n) is 6.50. The lowest BCUT2D eigenvalue weighted by Gasteiger charge is -2.08. The molecule has 4 aromatic carbocycles. The molecule has 0 atom stereocenters. The Labute approximate surface area is 162 Å². The summed E-state index contributed by atoms with van der Waals surface area (Å²) in [5, 5.41) is 3.76. The molecule has 1 heterocycles. The lowest BCUT2D eigenvalue weighted by molar-refractivity contribution is 1.22. The fourth-order valence-corrected chi connectivity index (χ4v) is 3.63. The van der Waals surface area contributed by atoms with Gasteiger partial charge >= 0.3 is 0 Å². The lowest BCUT2D eigenvalue weighted by Crippen LogP contribution is -1.91. The summed E-state index contributed by atoms with van der Waals surface area (Å²) in [4.78, 5) is 8.78. The molecule has 0 aliphatic carbocycles. The van der Waals surface area contributed by atoms with Crippen LogP contribution in [0.1, 0.15) is 0 Å². The maximum atomic E-state index is 6.13. The van der Waals surface area contributed by atoms with Gasteiger partial charge in [-0.3, -0.25) is 0 Å². The van der Waals surface area contributed by atoms with Crippen LogP contribution in [0.3, 0.4) is 0 Å². The number of benzene rings is 4. The van der Waals surface area contributed by atoms with Crippen LogP contribution >= 0.6 is 11.6 Å². The molecular weight excluding hydrogens is 352 g/mol. The normalized spacial score (nSPS) is 11.1. The number of para-hydroxylation sites is 1. The summed E-state index contributed by atoms with van der Waals surface area (Å²) in [6.07, 6.45) is 0. The molecule has 128 valence electrons. The van der Waals surface area contributed by atoms with Crippen LogP contribution in [0.2, 0.25) is 5.28 Å². The average molecular weight is 367 g/mol. The van der Waals surface area contributed by atoms with Gasteiger partial charge in [-0.25, -0.2) is 9.97 Å². The summed E-state index contributed by atoms with van der Waals surface area (Å²) >= 11 is 6.13. The van der Waals surface area contributed by atoms with E-state index < -0.39 is 0 Å². The van der Waals surface area contributed by atoms with Gasteiger partial charge in [0, 0.05) is 10.9 Å². The van der Waals surface area contributed by atoms with E-state index in [9.17, 15) is 0 Å². The summed E-state index contributed by atoms with van der Waals surface area (Å²) in [5.74, 6) is 0. The predicted molar refractivity (Wildman–Crippen MR) is 113 cm³/mol. The first kappa shape index (κ1) is 16.0. The predicted octanol–water partition coefficient (Wildman–Crippen LogP) is 6.77. The van der Waals surface area contributed by atoms with Gasteiger partial charge in [-0.2, -0.15) is 0 Å². The molecule has 0 aliphatic heterocycles. The van der Waals surface area contributed by atoms with Crippen molar-refractivity contribution in [2.24, 2.45) is 0 Å². The van der Waals surface area contributed by atoms with Crippen molar-refractivity contribution in [1.29, 1.82) is 0 Å². The molecule has 0 spiro atoms. The van der Waals surface area contributed by atoms with Crippen LogP contribution in [0.4, 0.5) is 0 Å². The van der Waals surface area contributed by atoms with Crippen LogP contribution in [-0.4, -0.2) is 9.97 Å². The van der Waals surface area contributed by atoms with Crippen molar-refractivity contribution in [1.82, 2.24) is 9.97 Å². The Bertz CT molecular complexity index is 1280.